The molecule has 2 nitrogen and oxygen atoms in total. The number of pyridine rings is 1. The molecule has 0 amide bonds. The zero-order chi connectivity index (χ0) is 11.5. The van der Waals surface area contributed by atoms with Gasteiger partial charge in [0.1, 0.15) is 0 Å². The van der Waals surface area contributed by atoms with Crippen molar-refractivity contribution in [1.82, 2.24) is 4.98 Å². The molecule has 0 saturated heterocycles. The summed E-state index contributed by atoms with van der Waals surface area (Å²) in [4.78, 5) is 4.38. The Hall–Kier alpha value is -1.83. The third kappa shape index (κ3) is 2.22. The van der Waals surface area contributed by atoms with Crippen LogP contribution < -0.4 is 5.73 Å². The van der Waals surface area contributed by atoms with Gasteiger partial charge in [-0.05, 0) is 35.7 Å². The Morgan fingerprint density at radius 3 is 2.38 bits per heavy atom. The van der Waals surface area contributed by atoms with Crippen molar-refractivity contribution in [3.05, 3.63) is 48.2 Å². The molecule has 0 spiro atoms. The Morgan fingerprint density at radius 1 is 1.06 bits per heavy atom. The van der Waals surface area contributed by atoms with Crippen molar-refractivity contribution in [3.8, 4) is 11.3 Å². The largest absolute Gasteiger partial charge is 0.399 e. The van der Waals surface area contributed by atoms with Crippen LogP contribution in [0.15, 0.2) is 42.6 Å². The molecule has 16 heavy (non-hydrogen) atoms. The summed E-state index contributed by atoms with van der Waals surface area (Å²) in [6.45, 7) is 4.37. The predicted molar refractivity (Wildman–Crippen MR) is 68.2 cm³/mol. The van der Waals surface area contributed by atoms with Crippen LogP contribution in [0.5, 0.6) is 0 Å². The van der Waals surface area contributed by atoms with Crippen molar-refractivity contribution < 1.29 is 0 Å². The molecular weight excluding hydrogens is 196 g/mol. The van der Waals surface area contributed by atoms with E-state index in [-0.39, 0.29) is 0 Å². The third-order valence-corrected chi connectivity index (χ3v) is 2.66. The van der Waals surface area contributed by atoms with Gasteiger partial charge in [0.2, 0.25) is 0 Å². The summed E-state index contributed by atoms with van der Waals surface area (Å²) in [6, 6.07) is 12.0. The van der Waals surface area contributed by atoms with Gasteiger partial charge >= 0.3 is 0 Å². The highest BCUT2D eigenvalue weighted by atomic mass is 14.7. The van der Waals surface area contributed by atoms with Crippen LogP contribution in [0.1, 0.15) is 25.3 Å². The standard InChI is InChI=1S/C14H16N2/c1-10(2)12-7-8-16-14(9-12)11-3-5-13(15)6-4-11/h3-10H,15H2,1-2H3. The van der Waals surface area contributed by atoms with Gasteiger partial charge in [-0.3, -0.25) is 4.98 Å². The highest BCUT2D eigenvalue weighted by Crippen LogP contribution is 2.22. The van der Waals surface area contributed by atoms with Crippen molar-refractivity contribution in [3.63, 3.8) is 0 Å². The van der Waals surface area contributed by atoms with E-state index >= 15 is 0 Å². The Bertz CT molecular complexity index is 472. The lowest BCUT2D eigenvalue weighted by Crippen LogP contribution is -1.91. The summed E-state index contributed by atoms with van der Waals surface area (Å²) in [6.07, 6.45) is 1.86. The molecule has 0 aliphatic heterocycles. The quantitative estimate of drug-likeness (QED) is 0.774. The van der Waals surface area contributed by atoms with Gasteiger partial charge in [-0.2, -0.15) is 0 Å². The van der Waals surface area contributed by atoms with E-state index in [4.69, 9.17) is 5.73 Å². The Kier molecular flexibility index (Phi) is 2.91. The van der Waals surface area contributed by atoms with Crippen LogP contribution in [-0.2, 0) is 0 Å². The lowest BCUT2D eigenvalue weighted by atomic mass is 10.0. The van der Waals surface area contributed by atoms with Crippen molar-refractivity contribution in [2.45, 2.75) is 19.8 Å². The van der Waals surface area contributed by atoms with Gasteiger partial charge in [-0.15, -0.1) is 0 Å². The van der Waals surface area contributed by atoms with Crippen LogP contribution in [0.4, 0.5) is 5.69 Å². The molecule has 2 heteroatoms. The summed E-state index contributed by atoms with van der Waals surface area (Å²) in [7, 11) is 0. The molecule has 2 aromatic rings. The highest BCUT2D eigenvalue weighted by Gasteiger charge is 2.03. The van der Waals surface area contributed by atoms with E-state index in [1.807, 2.05) is 30.5 Å². The zero-order valence-electron chi connectivity index (χ0n) is 9.64. The second-order valence-corrected chi connectivity index (χ2v) is 4.25. The SMILES string of the molecule is CC(C)c1ccnc(-c2ccc(N)cc2)c1. The minimum Gasteiger partial charge on any atom is -0.399 e. The first kappa shape index (κ1) is 10.7. The normalized spacial score (nSPS) is 10.7. The average Bonchev–Trinajstić information content (AvgIpc) is 2.30. The fourth-order valence-corrected chi connectivity index (χ4v) is 1.62. The molecule has 0 aliphatic carbocycles. The van der Waals surface area contributed by atoms with Crippen molar-refractivity contribution in [2.24, 2.45) is 0 Å². The molecule has 1 aromatic carbocycles. The molecule has 82 valence electrons. The molecule has 0 aliphatic rings. The van der Waals surface area contributed by atoms with Crippen LogP contribution in [0, 0.1) is 0 Å². The predicted octanol–water partition coefficient (Wildman–Crippen LogP) is 3.45. The Morgan fingerprint density at radius 2 is 1.75 bits per heavy atom. The highest BCUT2D eigenvalue weighted by molar-refractivity contribution is 5.62. The van der Waals surface area contributed by atoms with Crippen LogP contribution in [0.3, 0.4) is 0 Å². The molecule has 0 atom stereocenters. The van der Waals surface area contributed by atoms with E-state index in [9.17, 15) is 0 Å². The van der Waals surface area contributed by atoms with E-state index in [0.717, 1.165) is 16.9 Å². The molecule has 0 radical (unpaired) electrons. The maximum atomic E-state index is 5.66. The topological polar surface area (TPSA) is 38.9 Å². The number of benzene rings is 1. The maximum Gasteiger partial charge on any atom is 0.0704 e. The first-order valence-electron chi connectivity index (χ1n) is 5.48. The smallest absolute Gasteiger partial charge is 0.0704 e. The molecule has 0 fully saturated rings. The summed E-state index contributed by atoms with van der Waals surface area (Å²) in [5.74, 6) is 0.524. The van der Waals surface area contributed by atoms with Gasteiger partial charge < -0.3 is 5.73 Å². The number of anilines is 1. The second kappa shape index (κ2) is 4.35. The molecule has 0 unspecified atom stereocenters. The molecular formula is C14H16N2. The minimum atomic E-state index is 0.524. The van der Waals surface area contributed by atoms with E-state index in [0.29, 0.717) is 5.92 Å². The molecule has 2 rings (SSSR count). The van der Waals surface area contributed by atoms with Crippen LogP contribution in [0.2, 0.25) is 0 Å². The Labute approximate surface area is 96.1 Å². The lowest BCUT2D eigenvalue weighted by Gasteiger charge is -2.07. The average molecular weight is 212 g/mol. The number of aromatic nitrogens is 1. The van der Waals surface area contributed by atoms with Crippen LogP contribution in [-0.4, -0.2) is 4.98 Å². The van der Waals surface area contributed by atoms with E-state index in [1.54, 1.807) is 0 Å². The maximum absolute atomic E-state index is 5.66. The fraction of sp³-hybridized carbons (Fsp3) is 0.214. The van der Waals surface area contributed by atoms with Gasteiger partial charge in [0.15, 0.2) is 0 Å². The number of nitrogens with two attached hydrogens (primary N) is 1. The van der Waals surface area contributed by atoms with Crippen molar-refractivity contribution >= 4 is 5.69 Å². The summed E-state index contributed by atoms with van der Waals surface area (Å²) in [5.41, 5.74) is 9.86. The number of hydrogen-bond donors (Lipinski definition) is 1. The third-order valence-electron chi connectivity index (χ3n) is 2.66. The first-order chi connectivity index (χ1) is 7.66. The van der Waals surface area contributed by atoms with Gasteiger partial charge in [0.05, 0.1) is 5.69 Å². The molecule has 0 bridgehead atoms. The number of hydrogen-bond acceptors (Lipinski definition) is 2. The van der Waals surface area contributed by atoms with Gasteiger partial charge in [-0.25, -0.2) is 0 Å². The summed E-state index contributed by atoms with van der Waals surface area (Å²) >= 11 is 0. The van der Waals surface area contributed by atoms with Gasteiger partial charge in [0, 0.05) is 17.4 Å². The first-order valence-corrected chi connectivity index (χ1v) is 5.48. The van der Waals surface area contributed by atoms with Gasteiger partial charge in [0.25, 0.3) is 0 Å². The van der Waals surface area contributed by atoms with E-state index < -0.39 is 0 Å². The second-order valence-electron chi connectivity index (χ2n) is 4.25. The summed E-state index contributed by atoms with van der Waals surface area (Å²) in [5, 5.41) is 0. The number of nitrogen functional groups attached to an aromatic ring is 1. The van der Waals surface area contributed by atoms with E-state index in [2.05, 4.69) is 31.0 Å². The zero-order valence-corrected chi connectivity index (χ0v) is 9.64. The molecule has 0 saturated carbocycles. The summed E-state index contributed by atoms with van der Waals surface area (Å²) < 4.78 is 0. The molecule has 1 heterocycles. The minimum absolute atomic E-state index is 0.524. The van der Waals surface area contributed by atoms with E-state index in [1.165, 1.54) is 5.56 Å². The van der Waals surface area contributed by atoms with Crippen LogP contribution in [0.25, 0.3) is 11.3 Å². The Balaban J connectivity index is 2.40. The monoisotopic (exact) mass is 212 g/mol. The lowest BCUT2D eigenvalue weighted by molar-refractivity contribution is 0.864. The molecule has 2 N–H and O–H groups in total. The van der Waals surface area contributed by atoms with Crippen molar-refractivity contribution in [1.29, 1.82) is 0 Å². The number of rotatable bonds is 2. The molecule has 1 aromatic heterocycles. The van der Waals surface area contributed by atoms with Crippen molar-refractivity contribution in [2.75, 3.05) is 5.73 Å². The van der Waals surface area contributed by atoms with Gasteiger partial charge in [-0.1, -0.05) is 26.0 Å². The fourth-order valence-electron chi connectivity index (χ4n) is 1.62. The van der Waals surface area contributed by atoms with Crippen LogP contribution >= 0.6 is 0 Å². The number of nitrogens with zero attached hydrogens (tertiary/aromatic N) is 1.